The van der Waals surface area contributed by atoms with Gasteiger partial charge in [0, 0.05) is 12.3 Å². The molecule has 1 aliphatic heterocycles. The lowest BCUT2D eigenvalue weighted by molar-refractivity contribution is 0.189. The first-order chi connectivity index (χ1) is 4.75. The van der Waals surface area contributed by atoms with Crippen LogP contribution in [0.5, 0.6) is 0 Å². The van der Waals surface area contributed by atoms with E-state index in [0.717, 1.165) is 32.7 Å². The van der Waals surface area contributed by atoms with Crippen molar-refractivity contribution in [1.82, 2.24) is 0 Å². The SMILES string of the molecule is C[C@H]1COC[C@@H]1P(P)PP. The van der Waals surface area contributed by atoms with Crippen LogP contribution in [-0.4, -0.2) is 18.9 Å². The van der Waals surface area contributed by atoms with Crippen LogP contribution in [0.1, 0.15) is 6.92 Å². The number of ether oxygens (including phenoxy) is 1. The maximum Gasteiger partial charge on any atom is 0.0543 e. The summed E-state index contributed by atoms with van der Waals surface area (Å²) >= 11 is 0. The van der Waals surface area contributed by atoms with Gasteiger partial charge in [-0.25, -0.2) is 0 Å². The Hall–Kier alpha value is 1.68. The lowest BCUT2D eigenvalue weighted by Crippen LogP contribution is -2.09. The van der Waals surface area contributed by atoms with Crippen LogP contribution in [0.2, 0.25) is 0 Å². The van der Waals surface area contributed by atoms with Crippen molar-refractivity contribution in [1.29, 1.82) is 0 Å². The largest absolute Gasteiger partial charge is 0.380 e. The smallest absolute Gasteiger partial charge is 0.0543 e. The van der Waals surface area contributed by atoms with Gasteiger partial charge >= 0.3 is 0 Å². The maximum absolute atomic E-state index is 5.39. The summed E-state index contributed by atoms with van der Waals surface area (Å²) in [7, 11) is 7.00. The molecule has 4 unspecified atom stereocenters. The Bertz CT molecular complexity index is 110. The first-order valence-corrected chi connectivity index (χ1v) is 10.0. The third kappa shape index (κ3) is 2.33. The molecule has 5 heteroatoms. The Labute approximate surface area is 70.1 Å². The normalized spacial score (nSPS) is 37.5. The second kappa shape index (κ2) is 4.64. The van der Waals surface area contributed by atoms with Crippen LogP contribution in [0.4, 0.5) is 0 Å². The van der Waals surface area contributed by atoms with Gasteiger partial charge in [-0.3, -0.25) is 0 Å². The van der Waals surface area contributed by atoms with E-state index in [0.29, 0.717) is 0 Å². The average molecular weight is 214 g/mol. The van der Waals surface area contributed by atoms with Crippen LogP contribution >= 0.6 is 33.1 Å². The summed E-state index contributed by atoms with van der Waals surface area (Å²) < 4.78 is 5.39. The third-order valence-corrected chi connectivity index (χ3v) is 13.2. The number of rotatable bonds is 2. The molecule has 10 heavy (non-hydrogen) atoms. The Kier molecular flexibility index (Phi) is 4.53. The molecule has 0 N–H and O–H groups in total. The van der Waals surface area contributed by atoms with Gasteiger partial charge in [-0.2, -0.15) is 0 Å². The zero-order valence-electron chi connectivity index (χ0n) is 6.08. The summed E-state index contributed by atoms with van der Waals surface area (Å²) in [6.07, 6.45) is 0. The van der Waals surface area contributed by atoms with Gasteiger partial charge in [-0.1, -0.05) is 22.2 Å². The first kappa shape index (κ1) is 9.77. The molecule has 0 aromatic carbocycles. The Morgan fingerprint density at radius 2 is 2.30 bits per heavy atom. The molecule has 0 amide bonds. The quantitative estimate of drug-likeness (QED) is 0.642. The van der Waals surface area contributed by atoms with E-state index in [-0.39, 0.29) is 7.30 Å². The van der Waals surface area contributed by atoms with Crippen LogP contribution < -0.4 is 0 Å². The van der Waals surface area contributed by atoms with Gasteiger partial charge in [0.25, 0.3) is 0 Å². The van der Waals surface area contributed by atoms with Crippen molar-refractivity contribution in [3.63, 3.8) is 0 Å². The lowest BCUT2D eigenvalue weighted by Gasteiger charge is -2.19. The number of hydrogen-bond donors (Lipinski definition) is 0. The van der Waals surface area contributed by atoms with E-state index >= 15 is 0 Å². The van der Waals surface area contributed by atoms with Crippen molar-refractivity contribution in [2.75, 3.05) is 13.2 Å². The molecule has 0 aliphatic carbocycles. The summed E-state index contributed by atoms with van der Waals surface area (Å²) in [6, 6.07) is 0. The molecule has 60 valence electrons. The number of hydrogen-bond acceptors (Lipinski definition) is 1. The van der Waals surface area contributed by atoms with Gasteiger partial charge in [0.1, 0.15) is 0 Å². The van der Waals surface area contributed by atoms with Gasteiger partial charge in [0.2, 0.25) is 0 Å². The summed E-state index contributed by atoms with van der Waals surface area (Å²) in [5, 5.41) is 0. The standard InChI is InChI=1S/C5H14OP4/c1-4-2-6-3-5(4)10(8)9-7/h4-5,9H,2-3,7-8H2,1H3/t4-,5-,10?/m0/s1. The fourth-order valence-electron chi connectivity index (χ4n) is 1.10. The highest BCUT2D eigenvalue weighted by molar-refractivity contribution is 8.61. The van der Waals surface area contributed by atoms with Gasteiger partial charge in [-0.15, -0.1) is 17.9 Å². The summed E-state index contributed by atoms with van der Waals surface area (Å²) in [5.74, 6) is 0.789. The molecule has 1 saturated heterocycles. The highest BCUT2D eigenvalue weighted by atomic mass is 32.6. The minimum atomic E-state index is 0.164. The van der Waals surface area contributed by atoms with E-state index in [4.69, 9.17) is 4.74 Å². The zero-order valence-corrected chi connectivity index (χ0v) is 10.3. The molecule has 1 heterocycles. The second-order valence-electron chi connectivity index (χ2n) is 2.62. The molecule has 0 saturated carbocycles. The molecule has 0 aromatic heterocycles. The van der Waals surface area contributed by atoms with Gasteiger partial charge in [-0.05, 0) is 5.92 Å². The first-order valence-electron chi connectivity index (χ1n) is 3.33. The van der Waals surface area contributed by atoms with Crippen LogP contribution in [0.25, 0.3) is 0 Å². The van der Waals surface area contributed by atoms with Crippen molar-refractivity contribution in [2.45, 2.75) is 12.6 Å². The van der Waals surface area contributed by atoms with E-state index in [1.165, 1.54) is 0 Å². The van der Waals surface area contributed by atoms with Crippen LogP contribution in [0.15, 0.2) is 0 Å². The maximum atomic E-state index is 5.39. The molecule has 0 aromatic rings. The van der Waals surface area contributed by atoms with Crippen LogP contribution in [-0.2, 0) is 4.74 Å². The lowest BCUT2D eigenvalue weighted by atomic mass is 10.2. The molecule has 0 radical (unpaired) electrons. The molecular weight excluding hydrogens is 200 g/mol. The molecule has 0 spiro atoms. The van der Waals surface area contributed by atoms with Crippen molar-refractivity contribution in [2.24, 2.45) is 5.92 Å². The van der Waals surface area contributed by atoms with E-state index in [9.17, 15) is 0 Å². The predicted molar refractivity (Wildman–Crippen MR) is 58.4 cm³/mol. The Morgan fingerprint density at radius 3 is 2.70 bits per heavy atom. The molecule has 1 fully saturated rings. The summed E-state index contributed by atoms with van der Waals surface area (Å²) in [5.41, 5.74) is 0.843. The molecule has 1 nitrogen and oxygen atoms in total. The fourth-order valence-corrected chi connectivity index (χ4v) is 6.62. The average Bonchev–Trinajstić information content (AvgIpc) is 2.34. The zero-order chi connectivity index (χ0) is 7.56. The second-order valence-corrected chi connectivity index (χ2v) is 12.2. The Morgan fingerprint density at radius 1 is 1.60 bits per heavy atom. The predicted octanol–water partition coefficient (Wildman–Crippen LogP) is 2.68. The monoisotopic (exact) mass is 214 g/mol. The van der Waals surface area contributed by atoms with Crippen molar-refractivity contribution >= 4 is 33.1 Å². The van der Waals surface area contributed by atoms with E-state index in [1.807, 2.05) is 0 Å². The van der Waals surface area contributed by atoms with Crippen LogP contribution in [0.3, 0.4) is 0 Å². The molecule has 0 bridgehead atoms. The highest BCUT2D eigenvalue weighted by Gasteiger charge is 2.28. The highest BCUT2D eigenvalue weighted by Crippen LogP contribution is 2.70. The van der Waals surface area contributed by atoms with Gasteiger partial charge in [0.05, 0.1) is 6.61 Å². The fraction of sp³-hybridized carbons (Fsp3) is 1.00. The Balaban J connectivity index is 2.38. The topological polar surface area (TPSA) is 9.23 Å². The third-order valence-electron chi connectivity index (χ3n) is 1.83. The van der Waals surface area contributed by atoms with Crippen molar-refractivity contribution in [3.05, 3.63) is 0 Å². The van der Waals surface area contributed by atoms with Gasteiger partial charge < -0.3 is 4.74 Å². The van der Waals surface area contributed by atoms with Gasteiger partial charge in [0.15, 0.2) is 0 Å². The summed E-state index contributed by atoms with van der Waals surface area (Å²) in [4.78, 5) is 0. The van der Waals surface area contributed by atoms with Crippen LogP contribution in [0, 0.1) is 5.92 Å². The molecule has 1 aliphatic rings. The van der Waals surface area contributed by atoms with E-state index < -0.39 is 0 Å². The van der Waals surface area contributed by atoms with Crippen molar-refractivity contribution < 1.29 is 4.74 Å². The minimum absolute atomic E-state index is 0.164. The molecule has 6 atom stereocenters. The molecular formula is C5H14OP4. The van der Waals surface area contributed by atoms with E-state index in [1.54, 1.807) is 0 Å². The summed E-state index contributed by atoms with van der Waals surface area (Å²) in [6.45, 7) is 4.27. The minimum Gasteiger partial charge on any atom is -0.380 e. The molecule has 1 rings (SSSR count). The van der Waals surface area contributed by atoms with E-state index in [2.05, 4.69) is 24.8 Å². The van der Waals surface area contributed by atoms with Crippen molar-refractivity contribution in [3.8, 4) is 0 Å².